The molecule has 0 radical (unpaired) electrons. The van der Waals surface area contributed by atoms with E-state index in [1.165, 1.54) is 6.07 Å². The molecule has 1 amide bonds. The maximum atomic E-state index is 13.1. The Labute approximate surface area is 87.9 Å². The Morgan fingerprint density at radius 1 is 1.57 bits per heavy atom. The molecule has 0 bridgehead atoms. The van der Waals surface area contributed by atoms with Crippen LogP contribution in [-0.4, -0.2) is 11.2 Å². The zero-order valence-electron chi connectivity index (χ0n) is 7.83. The summed E-state index contributed by atoms with van der Waals surface area (Å²) in [6.45, 7) is 1.87. The van der Waals surface area contributed by atoms with E-state index in [2.05, 4.69) is 17.9 Å². The third kappa shape index (κ3) is 3.03. The highest BCUT2D eigenvalue weighted by Gasteiger charge is 2.07. The second kappa shape index (κ2) is 5.00. The van der Waals surface area contributed by atoms with Crippen molar-refractivity contribution in [3.05, 3.63) is 35.6 Å². The van der Waals surface area contributed by atoms with Gasteiger partial charge in [-0.3, -0.25) is 4.79 Å². The first-order valence-corrected chi connectivity index (χ1v) is 4.82. The van der Waals surface area contributed by atoms with Crippen LogP contribution in [0.15, 0.2) is 24.3 Å². The van der Waals surface area contributed by atoms with E-state index in [0.29, 0.717) is 5.56 Å². The fourth-order valence-electron chi connectivity index (χ4n) is 0.972. The van der Waals surface area contributed by atoms with Gasteiger partial charge in [-0.05, 0) is 13.0 Å². The average molecular weight is 213 g/mol. The van der Waals surface area contributed by atoms with Crippen molar-refractivity contribution in [3.8, 4) is 0 Å². The van der Waals surface area contributed by atoms with Gasteiger partial charge in [-0.1, -0.05) is 18.2 Å². The van der Waals surface area contributed by atoms with Crippen molar-refractivity contribution < 1.29 is 9.18 Å². The van der Waals surface area contributed by atoms with Gasteiger partial charge in [-0.2, -0.15) is 12.6 Å². The molecule has 0 aromatic heterocycles. The molecule has 1 N–H and O–H groups in total. The predicted octanol–water partition coefficient (Wildman–Crippen LogP) is 1.76. The second-order valence-corrected chi connectivity index (χ2v) is 3.76. The number of halogens is 1. The van der Waals surface area contributed by atoms with Crippen LogP contribution in [0.5, 0.6) is 0 Å². The SMILES string of the molecule is CC(S)C(=O)NCc1ccccc1F. The van der Waals surface area contributed by atoms with E-state index in [9.17, 15) is 9.18 Å². The first-order valence-electron chi connectivity index (χ1n) is 4.30. The molecule has 2 nitrogen and oxygen atoms in total. The maximum absolute atomic E-state index is 13.1. The summed E-state index contributed by atoms with van der Waals surface area (Å²) in [7, 11) is 0. The van der Waals surface area contributed by atoms with E-state index in [-0.39, 0.29) is 23.5 Å². The Morgan fingerprint density at radius 3 is 2.79 bits per heavy atom. The molecule has 1 aromatic rings. The molecule has 1 atom stereocenters. The van der Waals surface area contributed by atoms with Crippen molar-refractivity contribution in [2.45, 2.75) is 18.7 Å². The highest BCUT2D eigenvalue weighted by molar-refractivity contribution is 7.81. The molecule has 0 saturated carbocycles. The van der Waals surface area contributed by atoms with E-state index in [4.69, 9.17) is 0 Å². The fraction of sp³-hybridized carbons (Fsp3) is 0.300. The minimum absolute atomic E-state index is 0.198. The summed E-state index contributed by atoms with van der Waals surface area (Å²) in [6.07, 6.45) is 0. The largest absolute Gasteiger partial charge is 0.351 e. The first kappa shape index (κ1) is 11.0. The van der Waals surface area contributed by atoms with E-state index in [0.717, 1.165) is 0 Å². The maximum Gasteiger partial charge on any atom is 0.232 e. The van der Waals surface area contributed by atoms with Crippen LogP contribution in [0.1, 0.15) is 12.5 Å². The summed E-state index contributed by atoms with van der Waals surface area (Å²) in [5, 5.41) is 2.21. The lowest BCUT2D eigenvalue weighted by Gasteiger charge is -2.07. The van der Waals surface area contributed by atoms with Gasteiger partial charge in [0.1, 0.15) is 5.82 Å². The average Bonchev–Trinajstić information content (AvgIpc) is 2.16. The molecule has 0 heterocycles. The third-order valence-corrected chi connectivity index (χ3v) is 2.02. The Hall–Kier alpha value is -1.03. The normalized spacial score (nSPS) is 12.2. The van der Waals surface area contributed by atoms with Crippen LogP contribution in [0, 0.1) is 5.82 Å². The van der Waals surface area contributed by atoms with Gasteiger partial charge in [-0.25, -0.2) is 4.39 Å². The summed E-state index contributed by atoms with van der Waals surface area (Å²) in [6, 6.07) is 6.35. The summed E-state index contributed by atoms with van der Waals surface area (Å²) >= 11 is 3.96. The standard InChI is InChI=1S/C10H12FNOS/c1-7(14)10(13)12-6-8-4-2-3-5-9(8)11/h2-5,7,14H,6H2,1H3,(H,12,13). The summed E-state index contributed by atoms with van der Waals surface area (Å²) in [5.41, 5.74) is 0.481. The van der Waals surface area contributed by atoms with Crippen LogP contribution in [0.3, 0.4) is 0 Å². The Morgan fingerprint density at radius 2 is 2.21 bits per heavy atom. The second-order valence-electron chi connectivity index (χ2n) is 2.99. The molecule has 1 unspecified atom stereocenters. The number of rotatable bonds is 3. The van der Waals surface area contributed by atoms with Gasteiger partial charge in [-0.15, -0.1) is 0 Å². The number of benzene rings is 1. The van der Waals surface area contributed by atoms with Crippen molar-refractivity contribution in [3.63, 3.8) is 0 Å². The van der Waals surface area contributed by atoms with Gasteiger partial charge in [0.2, 0.25) is 5.91 Å². The summed E-state index contributed by atoms with van der Waals surface area (Å²) < 4.78 is 13.1. The van der Waals surface area contributed by atoms with Crippen molar-refractivity contribution in [2.24, 2.45) is 0 Å². The van der Waals surface area contributed by atoms with Crippen LogP contribution in [-0.2, 0) is 11.3 Å². The molecule has 0 fully saturated rings. The molecule has 76 valence electrons. The molecular formula is C10H12FNOS. The van der Waals surface area contributed by atoms with Crippen LogP contribution in [0.25, 0.3) is 0 Å². The number of nitrogens with one attached hydrogen (secondary N) is 1. The summed E-state index contributed by atoms with van der Waals surface area (Å²) in [4.78, 5) is 11.1. The van der Waals surface area contributed by atoms with Gasteiger partial charge >= 0.3 is 0 Å². The number of hydrogen-bond acceptors (Lipinski definition) is 2. The van der Waals surface area contributed by atoms with Crippen LogP contribution >= 0.6 is 12.6 Å². The van der Waals surface area contributed by atoms with Crippen molar-refractivity contribution in [1.29, 1.82) is 0 Å². The Balaban J connectivity index is 2.54. The number of amides is 1. The van der Waals surface area contributed by atoms with E-state index >= 15 is 0 Å². The Kier molecular flexibility index (Phi) is 3.95. The molecule has 0 aliphatic heterocycles. The molecule has 0 aliphatic rings. The minimum Gasteiger partial charge on any atom is -0.351 e. The smallest absolute Gasteiger partial charge is 0.232 e. The van der Waals surface area contributed by atoms with Gasteiger partial charge in [0.25, 0.3) is 0 Å². The van der Waals surface area contributed by atoms with Crippen molar-refractivity contribution in [1.82, 2.24) is 5.32 Å². The molecule has 1 aromatic carbocycles. The topological polar surface area (TPSA) is 29.1 Å². The van der Waals surface area contributed by atoms with Crippen LogP contribution in [0.4, 0.5) is 4.39 Å². The molecule has 14 heavy (non-hydrogen) atoms. The highest BCUT2D eigenvalue weighted by atomic mass is 32.1. The van der Waals surface area contributed by atoms with Crippen LogP contribution < -0.4 is 5.32 Å². The van der Waals surface area contributed by atoms with E-state index in [1.54, 1.807) is 25.1 Å². The molecule has 0 aliphatic carbocycles. The third-order valence-electron chi connectivity index (χ3n) is 1.79. The highest BCUT2D eigenvalue weighted by Crippen LogP contribution is 2.05. The summed E-state index contributed by atoms with van der Waals surface area (Å²) in [5.74, 6) is -0.504. The molecule has 0 spiro atoms. The van der Waals surface area contributed by atoms with Crippen molar-refractivity contribution in [2.75, 3.05) is 0 Å². The zero-order valence-corrected chi connectivity index (χ0v) is 8.72. The van der Waals surface area contributed by atoms with Crippen LogP contribution in [0.2, 0.25) is 0 Å². The lowest BCUT2D eigenvalue weighted by Crippen LogP contribution is -2.29. The fourth-order valence-corrected chi connectivity index (χ4v) is 1.06. The quantitative estimate of drug-likeness (QED) is 0.736. The van der Waals surface area contributed by atoms with Gasteiger partial charge in [0.15, 0.2) is 0 Å². The van der Waals surface area contributed by atoms with Crippen molar-refractivity contribution >= 4 is 18.5 Å². The minimum atomic E-state index is -0.373. The predicted molar refractivity (Wildman–Crippen MR) is 56.7 cm³/mol. The molecular weight excluding hydrogens is 201 g/mol. The number of carbonyl (C=O) groups is 1. The monoisotopic (exact) mass is 213 g/mol. The number of hydrogen-bond donors (Lipinski definition) is 2. The first-order chi connectivity index (χ1) is 6.61. The van der Waals surface area contributed by atoms with E-state index in [1.807, 2.05) is 0 Å². The molecule has 0 saturated heterocycles. The molecule has 4 heteroatoms. The lowest BCUT2D eigenvalue weighted by atomic mass is 10.2. The Bertz CT molecular complexity index is 328. The van der Waals surface area contributed by atoms with Gasteiger partial charge < -0.3 is 5.32 Å². The number of thiol groups is 1. The van der Waals surface area contributed by atoms with Gasteiger partial charge in [0, 0.05) is 12.1 Å². The van der Waals surface area contributed by atoms with Gasteiger partial charge in [0.05, 0.1) is 5.25 Å². The van der Waals surface area contributed by atoms with E-state index < -0.39 is 0 Å². The number of carbonyl (C=O) groups excluding carboxylic acids is 1. The molecule has 1 rings (SSSR count). The lowest BCUT2D eigenvalue weighted by molar-refractivity contribution is -0.120. The zero-order chi connectivity index (χ0) is 10.6.